The number of nitriles is 1. The van der Waals surface area contributed by atoms with Crippen molar-refractivity contribution >= 4 is 29.0 Å². The van der Waals surface area contributed by atoms with Crippen LogP contribution in [0.15, 0.2) is 24.4 Å². The molecule has 0 aliphatic carbocycles. The van der Waals surface area contributed by atoms with Crippen LogP contribution in [-0.4, -0.2) is 9.78 Å². The second-order valence-corrected chi connectivity index (χ2v) is 3.85. The largest absolute Gasteiger partial charge is 0.382 e. The van der Waals surface area contributed by atoms with Gasteiger partial charge in [0.25, 0.3) is 0 Å². The van der Waals surface area contributed by atoms with Crippen molar-refractivity contribution in [1.82, 2.24) is 9.78 Å². The summed E-state index contributed by atoms with van der Waals surface area (Å²) in [6.45, 7) is 0. The zero-order valence-electron chi connectivity index (χ0n) is 7.98. The molecule has 2 aromatic rings. The number of nitrogens with two attached hydrogens (primary N) is 1. The smallest absolute Gasteiger partial charge is 0.145 e. The maximum Gasteiger partial charge on any atom is 0.145 e. The van der Waals surface area contributed by atoms with Crippen molar-refractivity contribution < 1.29 is 0 Å². The van der Waals surface area contributed by atoms with Gasteiger partial charge in [-0.3, -0.25) is 0 Å². The van der Waals surface area contributed by atoms with Crippen LogP contribution in [0.2, 0.25) is 10.0 Å². The van der Waals surface area contributed by atoms with Crippen molar-refractivity contribution in [1.29, 1.82) is 5.26 Å². The molecule has 2 rings (SSSR count). The molecule has 1 heterocycles. The highest BCUT2D eigenvalue weighted by molar-refractivity contribution is 6.37. The predicted octanol–water partition coefficient (Wildman–Crippen LogP) is 2.63. The van der Waals surface area contributed by atoms with Crippen LogP contribution in [-0.2, 0) is 0 Å². The summed E-state index contributed by atoms with van der Waals surface area (Å²) in [5.74, 6) is 0.220. The van der Waals surface area contributed by atoms with Gasteiger partial charge in [0.15, 0.2) is 0 Å². The van der Waals surface area contributed by atoms with Crippen molar-refractivity contribution in [3.8, 4) is 11.8 Å². The molecule has 0 saturated heterocycles. The molecule has 0 aliphatic heterocycles. The predicted molar refractivity (Wildman–Crippen MR) is 62.7 cm³/mol. The molecule has 0 fully saturated rings. The second-order valence-electron chi connectivity index (χ2n) is 3.04. The lowest BCUT2D eigenvalue weighted by Gasteiger charge is -2.08. The zero-order chi connectivity index (χ0) is 11.7. The van der Waals surface area contributed by atoms with Crippen LogP contribution in [0.25, 0.3) is 5.69 Å². The molecular weight excluding hydrogens is 247 g/mol. The van der Waals surface area contributed by atoms with Gasteiger partial charge in [0.05, 0.1) is 16.2 Å². The fraction of sp³-hybridized carbons (Fsp3) is 0. The Bertz CT molecular complexity index is 563. The van der Waals surface area contributed by atoms with E-state index in [-0.39, 0.29) is 11.4 Å². The van der Waals surface area contributed by atoms with Gasteiger partial charge in [0.2, 0.25) is 0 Å². The number of halogens is 2. The fourth-order valence-electron chi connectivity index (χ4n) is 1.31. The quantitative estimate of drug-likeness (QED) is 0.849. The number of anilines is 1. The van der Waals surface area contributed by atoms with Gasteiger partial charge in [0.1, 0.15) is 23.1 Å². The number of rotatable bonds is 1. The lowest BCUT2D eigenvalue weighted by molar-refractivity contribution is 0.891. The third-order valence-electron chi connectivity index (χ3n) is 2.08. The summed E-state index contributed by atoms with van der Waals surface area (Å²) < 4.78 is 1.35. The molecule has 0 amide bonds. The minimum Gasteiger partial charge on any atom is -0.382 e. The van der Waals surface area contributed by atoms with Gasteiger partial charge < -0.3 is 5.73 Å². The maximum atomic E-state index is 8.77. The van der Waals surface area contributed by atoms with E-state index in [1.54, 1.807) is 18.2 Å². The monoisotopic (exact) mass is 252 g/mol. The second kappa shape index (κ2) is 4.05. The van der Waals surface area contributed by atoms with E-state index in [0.29, 0.717) is 15.7 Å². The minimum atomic E-state index is 0.220. The van der Waals surface area contributed by atoms with E-state index in [2.05, 4.69) is 5.10 Å². The average Bonchev–Trinajstić information content (AvgIpc) is 2.60. The number of hydrogen-bond acceptors (Lipinski definition) is 3. The van der Waals surface area contributed by atoms with E-state index in [1.165, 1.54) is 10.9 Å². The van der Waals surface area contributed by atoms with Crippen molar-refractivity contribution in [2.45, 2.75) is 0 Å². The van der Waals surface area contributed by atoms with Gasteiger partial charge in [0, 0.05) is 0 Å². The van der Waals surface area contributed by atoms with Gasteiger partial charge in [-0.25, -0.2) is 4.68 Å². The topological polar surface area (TPSA) is 67.6 Å². The van der Waals surface area contributed by atoms with E-state index in [9.17, 15) is 0 Å². The van der Waals surface area contributed by atoms with Gasteiger partial charge in [-0.2, -0.15) is 10.4 Å². The fourth-order valence-corrected chi connectivity index (χ4v) is 1.87. The maximum absolute atomic E-state index is 8.77. The highest BCUT2D eigenvalue weighted by Crippen LogP contribution is 2.30. The first kappa shape index (κ1) is 10.8. The molecule has 0 bridgehead atoms. The Kier molecular flexibility index (Phi) is 2.73. The standard InChI is InChI=1S/C10H6Cl2N4/c11-7-2-1-3-8(12)9(7)16-10(14)6(4-13)5-15-16/h1-3,5H,14H2. The molecule has 4 nitrogen and oxygen atoms in total. The molecule has 16 heavy (non-hydrogen) atoms. The molecule has 0 radical (unpaired) electrons. The number of nitrogen functional groups attached to an aromatic ring is 1. The number of hydrogen-bond donors (Lipinski definition) is 1. The Morgan fingerprint density at radius 2 is 1.94 bits per heavy atom. The van der Waals surface area contributed by atoms with Crippen molar-refractivity contribution in [2.24, 2.45) is 0 Å². The van der Waals surface area contributed by atoms with Crippen LogP contribution >= 0.6 is 23.2 Å². The summed E-state index contributed by atoms with van der Waals surface area (Å²) >= 11 is 12.0. The molecule has 0 spiro atoms. The van der Waals surface area contributed by atoms with Crippen LogP contribution in [0.4, 0.5) is 5.82 Å². The molecule has 2 N–H and O–H groups in total. The summed E-state index contributed by atoms with van der Waals surface area (Å²) in [4.78, 5) is 0. The normalized spacial score (nSPS) is 10.1. The van der Waals surface area contributed by atoms with E-state index >= 15 is 0 Å². The minimum absolute atomic E-state index is 0.220. The summed E-state index contributed by atoms with van der Waals surface area (Å²) in [5, 5.41) is 13.6. The molecule has 0 saturated carbocycles. The molecule has 1 aromatic heterocycles. The van der Waals surface area contributed by atoms with Crippen molar-refractivity contribution in [3.63, 3.8) is 0 Å². The van der Waals surface area contributed by atoms with Crippen molar-refractivity contribution in [3.05, 3.63) is 40.0 Å². The lowest BCUT2D eigenvalue weighted by atomic mass is 10.3. The van der Waals surface area contributed by atoms with Crippen LogP contribution in [0.1, 0.15) is 5.56 Å². The number of aromatic nitrogens is 2. The molecule has 6 heteroatoms. The number of nitrogens with zero attached hydrogens (tertiary/aromatic N) is 3. The lowest BCUT2D eigenvalue weighted by Crippen LogP contribution is -2.03. The summed E-state index contributed by atoms with van der Waals surface area (Å²) in [7, 11) is 0. The van der Waals surface area contributed by atoms with Crippen LogP contribution in [0.3, 0.4) is 0 Å². The molecule has 0 unspecified atom stereocenters. The third-order valence-corrected chi connectivity index (χ3v) is 2.69. The van der Waals surface area contributed by atoms with Crippen LogP contribution < -0.4 is 5.73 Å². The first-order valence-electron chi connectivity index (χ1n) is 4.33. The van der Waals surface area contributed by atoms with Gasteiger partial charge in [-0.05, 0) is 12.1 Å². The summed E-state index contributed by atoms with van der Waals surface area (Å²) in [5.41, 5.74) is 6.51. The van der Waals surface area contributed by atoms with E-state index in [0.717, 1.165) is 0 Å². The van der Waals surface area contributed by atoms with E-state index in [4.69, 9.17) is 34.2 Å². The summed E-state index contributed by atoms with van der Waals surface area (Å²) in [6.07, 6.45) is 1.37. The summed E-state index contributed by atoms with van der Waals surface area (Å²) in [6, 6.07) is 7.00. The van der Waals surface area contributed by atoms with E-state index in [1.807, 2.05) is 6.07 Å². The Morgan fingerprint density at radius 1 is 1.31 bits per heavy atom. The van der Waals surface area contributed by atoms with Gasteiger partial charge in [-0.15, -0.1) is 0 Å². The third kappa shape index (κ3) is 1.60. The van der Waals surface area contributed by atoms with Crippen LogP contribution in [0.5, 0.6) is 0 Å². The van der Waals surface area contributed by atoms with Gasteiger partial charge in [-0.1, -0.05) is 29.3 Å². The molecule has 80 valence electrons. The SMILES string of the molecule is N#Cc1cnn(-c2c(Cl)cccc2Cl)c1N. The molecule has 0 aliphatic rings. The molecular formula is C10H6Cl2N4. The number of para-hydroxylation sites is 1. The van der Waals surface area contributed by atoms with Crippen molar-refractivity contribution in [2.75, 3.05) is 5.73 Å². The number of benzene rings is 1. The van der Waals surface area contributed by atoms with Crippen LogP contribution in [0, 0.1) is 11.3 Å². The Hall–Kier alpha value is -1.70. The highest BCUT2D eigenvalue weighted by atomic mass is 35.5. The highest BCUT2D eigenvalue weighted by Gasteiger charge is 2.14. The zero-order valence-corrected chi connectivity index (χ0v) is 9.50. The average molecular weight is 253 g/mol. The Balaban J connectivity index is 2.69. The Labute approximate surface area is 102 Å². The first-order chi connectivity index (χ1) is 7.65. The Morgan fingerprint density at radius 3 is 2.44 bits per heavy atom. The molecule has 0 atom stereocenters. The molecule has 1 aromatic carbocycles. The van der Waals surface area contributed by atoms with Gasteiger partial charge >= 0.3 is 0 Å². The first-order valence-corrected chi connectivity index (χ1v) is 5.08. The van der Waals surface area contributed by atoms with E-state index < -0.39 is 0 Å².